The van der Waals surface area contributed by atoms with Crippen LogP contribution >= 0.6 is 15.9 Å². The summed E-state index contributed by atoms with van der Waals surface area (Å²) in [7, 11) is 0. The molecule has 1 unspecified atom stereocenters. The van der Waals surface area contributed by atoms with Crippen molar-refractivity contribution in [1.29, 1.82) is 0 Å². The SMILES string of the molecule is CCCNC(CCC)c1cc2cc(Br)c(F)cc2o1. The lowest BCUT2D eigenvalue weighted by Crippen LogP contribution is -2.21. The van der Waals surface area contributed by atoms with E-state index in [1.807, 2.05) is 6.07 Å². The van der Waals surface area contributed by atoms with Gasteiger partial charge in [0.25, 0.3) is 0 Å². The van der Waals surface area contributed by atoms with E-state index in [0.717, 1.165) is 37.0 Å². The third kappa shape index (κ3) is 3.37. The average molecular weight is 328 g/mol. The summed E-state index contributed by atoms with van der Waals surface area (Å²) in [6.45, 7) is 5.25. The minimum Gasteiger partial charge on any atom is -0.459 e. The van der Waals surface area contributed by atoms with Crippen LogP contribution in [0.3, 0.4) is 0 Å². The molecular formula is C15H19BrFNO. The van der Waals surface area contributed by atoms with E-state index in [-0.39, 0.29) is 11.9 Å². The number of hydrogen-bond donors (Lipinski definition) is 1. The molecular weight excluding hydrogens is 309 g/mol. The molecule has 0 saturated heterocycles. The van der Waals surface area contributed by atoms with Gasteiger partial charge in [0.2, 0.25) is 0 Å². The highest BCUT2D eigenvalue weighted by molar-refractivity contribution is 9.10. The molecule has 0 aliphatic rings. The molecule has 2 rings (SSSR count). The number of nitrogens with one attached hydrogen (secondary N) is 1. The highest BCUT2D eigenvalue weighted by atomic mass is 79.9. The van der Waals surface area contributed by atoms with Crippen LogP contribution in [0.15, 0.2) is 27.1 Å². The quantitative estimate of drug-likeness (QED) is 0.791. The van der Waals surface area contributed by atoms with Crippen LogP contribution in [0.4, 0.5) is 4.39 Å². The maximum atomic E-state index is 13.5. The van der Waals surface area contributed by atoms with Gasteiger partial charge in [0.1, 0.15) is 17.2 Å². The van der Waals surface area contributed by atoms with E-state index in [9.17, 15) is 4.39 Å². The zero-order chi connectivity index (χ0) is 13.8. The maximum Gasteiger partial charge on any atom is 0.141 e. The molecule has 0 aliphatic carbocycles. The molecule has 104 valence electrons. The molecule has 2 nitrogen and oxygen atoms in total. The van der Waals surface area contributed by atoms with E-state index in [4.69, 9.17) is 4.42 Å². The van der Waals surface area contributed by atoms with Crippen LogP contribution < -0.4 is 5.32 Å². The minimum absolute atomic E-state index is 0.208. The number of fused-ring (bicyclic) bond motifs is 1. The van der Waals surface area contributed by atoms with Gasteiger partial charge in [-0.2, -0.15) is 0 Å². The van der Waals surface area contributed by atoms with Crippen molar-refractivity contribution < 1.29 is 8.81 Å². The van der Waals surface area contributed by atoms with E-state index in [2.05, 4.69) is 35.1 Å². The Bertz CT molecular complexity index is 513. The number of halogens is 2. The van der Waals surface area contributed by atoms with Gasteiger partial charge in [-0.05, 0) is 47.4 Å². The first-order valence-electron chi connectivity index (χ1n) is 6.77. The Labute approximate surface area is 121 Å². The summed E-state index contributed by atoms with van der Waals surface area (Å²) < 4.78 is 19.8. The third-order valence-corrected chi connectivity index (χ3v) is 3.75. The van der Waals surface area contributed by atoms with Crippen molar-refractivity contribution in [2.24, 2.45) is 0 Å². The first-order chi connectivity index (χ1) is 9.15. The molecule has 1 heterocycles. The van der Waals surface area contributed by atoms with Crippen LogP contribution in [0, 0.1) is 5.82 Å². The summed E-state index contributed by atoms with van der Waals surface area (Å²) >= 11 is 3.20. The van der Waals surface area contributed by atoms with Gasteiger partial charge >= 0.3 is 0 Å². The summed E-state index contributed by atoms with van der Waals surface area (Å²) in [5.74, 6) is 0.602. The molecule has 1 N–H and O–H groups in total. The van der Waals surface area contributed by atoms with Crippen LogP contribution in [0.25, 0.3) is 11.0 Å². The Balaban J connectivity index is 2.31. The maximum absolute atomic E-state index is 13.5. The van der Waals surface area contributed by atoms with Gasteiger partial charge < -0.3 is 9.73 Å². The van der Waals surface area contributed by atoms with E-state index in [1.54, 1.807) is 6.07 Å². The Hall–Kier alpha value is -0.870. The first-order valence-corrected chi connectivity index (χ1v) is 7.56. The van der Waals surface area contributed by atoms with Gasteiger partial charge in [-0.15, -0.1) is 0 Å². The molecule has 0 bridgehead atoms. The molecule has 0 spiro atoms. The highest BCUT2D eigenvalue weighted by Gasteiger charge is 2.16. The zero-order valence-corrected chi connectivity index (χ0v) is 12.9. The summed E-state index contributed by atoms with van der Waals surface area (Å²) in [4.78, 5) is 0. The van der Waals surface area contributed by atoms with E-state index in [1.165, 1.54) is 6.07 Å². The zero-order valence-electron chi connectivity index (χ0n) is 11.3. The van der Waals surface area contributed by atoms with E-state index < -0.39 is 0 Å². The van der Waals surface area contributed by atoms with Gasteiger partial charge in [0, 0.05) is 11.5 Å². The second kappa shape index (κ2) is 6.53. The standard InChI is InChI=1S/C15H19BrFNO/c1-3-5-13(18-6-4-2)15-8-10-7-11(16)12(17)9-14(10)19-15/h7-9,13,18H,3-6H2,1-2H3. The molecule has 2 aromatic rings. The van der Waals surface area contributed by atoms with Crippen molar-refractivity contribution >= 4 is 26.9 Å². The van der Waals surface area contributed by atoms with Crippen molar-refractivity contribution in [1.82, 2.24) is 5.32 Å². The molecule has 1 aromatic heterocycles. The minimum atomic E-state index is -0.290. The van der Waals surface area contributed by atoms with Gasteiger partial charge in [0.05, 0.1) is 10.5 Å². The normalized spacial score (nSPS) is 13.1. The van der Waals surface area contributed by atoms with Crippen LogP contribution in [-0.2, 0) is 0 Å². The molecule has 19 heavy (non-hydrogen) atoms. The monoisotopic (exact) mass is 327 g/mol. The fourth-order valence-electron chi connectivity index (χ4n) is 2.18. The fourth-order valence-corrected chi connectivity index (χ4v) is 2.54. The van der Waals surface area contributed by atoms with Crippen LogP contribution in [-0.4, -0.2) is 6.54 Å². The molecule has 0 fully saturated rings. The molecule has 0 amide bonds. The first kappa shape index (κ1) is 14.5. The molecule has 0 saturated carbocycles. The summed E-state index contributed by atoms with van der Waals surface area (Å²) in [5, 5.41) is 4.41. The topological polar surface area (TPSA) is 25.2 Å². The molecule has 1 aromatic carbocycles. The summed E-state index contributed by atoms with van der Waals surface area (Å²) in [6.07, 6.45) is 3.18. The third-order valence-electron chi connectivity index (χ3n) is 3.14. The lowest BCUT2D eigenvalue weighted by molar-refractivity contribution is 0.407. The van der Waals surface area contributed by atoms with Crippen molar-refractivity contribution in [3.63, 3.8) is 0 Å². The fraction of sp³-hybridized carbons (Fsp3) is 0.467. The van der Waals surface area contributed by atoms with Gasteiger partial charge in [-0.3, -0.25) is 0 Å². The molecule has 0 radical (unpaired) electrons. The Kier molecular flexibility index (Phi) is 4.99. The lowest BCUT2D eigenvalue weighted by atomic mass is 10.1. The average Bonchev–Trinajstić information content (AvgIpc) is 2.77. The van der Waals surface area contributed by atoms with Crippen molar-refractivity contribution in [3.05, 3.63) is 34.2 Å². The van der Waals surface area contributed by atoms with Gasteiger partial charge in [-0.1, -0.05) is 20.3 Å². The lowest BCUT2D eigenvalue weighted by Gasteiger charge is -2.14. The largest absolute Gasteiger partial charge is 0.459 e. The predicted molar refractivity (Wildman–Crippen MR) is 79.8 cm³/mol. The number of rotatable bonds is 6. The highest BCUT2D eigenvalue weighted by Crippen LogP contribution is 2.30. The number of hydrogen-bond acceptors (Lipinski definition) is 2. The molecule has 1 atom stereocenters. The summed E-state index contributed by atoms with van der Waals surface area (Å²) in [5.41, 5.74) is 0.607. The Morgan fingerprint density at radius 3 is 2.74 bits per heavy atom. The predicted octanol–water partition coefficient (Wildman–Crippen LogP) is 5.18. The van der Waals surface area contributed by atoms with E-state index in [0.29, 0.717) is 10.1 Å². The van der Waals surface area contributed by atoms with Crippen LogP contribution in [0.2, 0.25) is 0 Å². The summed E-state index contributed by atoms with van der Waals surface area (Å²) in [6, 6.07) is 5.41. The van der Waals surface area contributed by atoms with Crippen molar-refractivity contribution in [2.45, 2.75) is 39.2 Å². The van der Waals surface area contributed by atoms with Crippen molar-refractivity contribution in [3.8, 4) is 0 Å². The van der Waals surface area contributed by atoms with Gasteiger partial charge in [0.15, 0.2) is 0 Å². The second-order valence-electron chi connectivity index (χ2n) is 4.75. The van der Waals surface area contributed by atoms with Crippen molar-refractivity contribution in [2.75, 3.05) is 6.54 Å². The smallest absolute Gasteiger partial charge is 0.141 e. The Morgan fingerprint density at radius 2 is 2.05 bits per heavy atom. The van der Waals surface area contributed by atoms with Crippen LogP contribution in [0.1, 0.15) is 44.9 Å². The Morgan fingerprint density at radius 1 is 1.26 bits per heavy atom. The van der Waals surface area contributed by atoms with Crippen LogP contribution in [0.5, 0.6) is 0 Å². The van der Waals surface area contributed by atoms with Gasteiger partial charge in [-0.25, -0.2) is 4.39 Å². The molecule has 0 aliphatic heterocycles. The second-order valence-corrected chi connectivity index (χ2v) is 5.60. The molecule has 4 heteroatoms. The van der Waals surface area contributed by atoms with E-state index >= 15 is 0 Å². The number of benzene rings is 1. The number of furan rings is 1.